The molecule has 0 heterocycles. The summed E-state index contributed by atoms with van der Waals surface area (Å²) in [5, 5.41) is 5.49. The highest BCUT2D eigenvalue weighted by molar-refractivity contribution is 7.99. The SMILES string of the molecule is CCCCNC(=O)CSCCNC(=O)OC(C)(C)C. The van der Waals surface area contributed by atoms with Crippen molar-refractivity contribution in [1.29, 1.82) is 0 Å². The fourth-order valence-corrected chi connectivity index (χ4v) is 1.84. The van der Waals surface area contributed by atoms with Crippen molar-refractivity contribution in [2.75, 3.05) is 24.6 Å². The summed E-state index contributed by atoms with van der Waals surface area (Å²) in [7, 11) is 0. The van der Waals surface area contributed by atoms with Crippen molar-refractivity contribution in [2.45, 2.75) is 46.1 Å². The van der Waals surface area contributed by atoms with Crippen molar-refractivity contribution in [1.82, 2.24) is 10.6 Å². The fourth-order valence-electron chi connectivity index (χ4n) is 1.16. The van der Waals surface area contributed by atoms with Gasteiger partial charge in [-0.2, -0.15) is 11.8 Å². The van der Waals surface area contributed by atoms with Crippen LogP contribution in [0.5, 0.6) is 0 Å². The molecule has 0 aromatic rings. The van der Waals surface area contributed by atoms with Crippen LogP contribution >= 0.6 is 11.8 Å². The molecule has 0 unspecified atom stereocenters. The van der Waals surface area contributed by atoms with Gasteiger partial charge in [0.05, 0.1) is 5.75 Å². The first kappa shape index (κ1) is 18.1. The normalized spacial score (nSPS) is 10.9. The molecule has 0 aromatic heterocycles. The van der Waals surface area contributed by atoms with Crippen molar-refractivity contribution in [3.63, 3.8) is 0 Å². The lowest BCUT2D eigenvalue weighted by Gasteiger charge is -2.19. The second-order valence-corrected chi connectivity index (χ2v) is 6.29. The van der Waals surface area contributed by atoms with E-state index in [1.807, 2.05) is 20.8 Å². The molecule has 2 amide bonds. The van der Waals surface area contributed by atoms with Gasteiger partial charge in [0.1, 0.15) is 5.60 Å². The Morgan fingerprint density at radius 1 is 1.16 bits per heavy atom. The van der Waals surface area contributed by atoms with Crippen LogP contribution in [-0.2, 0) is 9.53 Å². The summed E-state index contributed by atoms with van der Waals surface area (Å²) in [6.45, 7) is 8.79. The summed E-state index contributed by atoms with van der Waals surface area (Å²) in [6, 6.07) is 0. The molecule has 2 N–H and O–H groups in total. The number of hydrogen-bond donors (Lipinski definition) is 2. The number of unbranched alkanes of at least 4 members (excludes halogenated alkanes) is 1. The Balaban J connectivity index is 3.44. The van der Waals surface area contributed by atoms with E-state index in [0.717, 1.165) is 19.4 Å². The number of ether oxygens (including phenoxy) is 1. The number of thioether (sulfide) groups is 1. The minimum Gasteiger partial charge on any atom is -0.444 e. The molecule has 0 fully saturated rings. The molecule has 0 aromatic carbocycles. The largest absolute Gasteiger partial charge is 0.444 e. The molecule has 0 aliphatic heterocycles. The van der Waals surface area contributed by atoms with Gasteiger partial charge < -0.3 is 15.4 Å². The second kappa shape index (κ2) is 9.95. The topological polar surface area (TPSA) is 67.4 Å². The number of carbonyl (C=O) groups excluding carboxylic acids is 2. The van der Waals surface area contributed by atoms with Gasteiger partial charge in [-0.3, -0.25) is 4.79 Å². The van der Waals surface area contributed by atoms with Gasteiger partial charge in [-0.15, -0.1) is 0 Å². The van der Waals surface area contributed by atoms with Crippen molar-refractivity contribution >= 4 is 23.8 Å². The van der Waals surface area contributed by atoms with Crippen LogP contribution in [0.2, 0.25) is 0 Å². The number of amides is 2. The second-order valence-electron chi connectivity index (χ2n) is 5.18. The molecule has 0 rings (SSSR count). The summed E-state index contributed by atoms with van der Waals surface area (Å²) in [5.41, 5.74) is -0.476. The molecular formula is C13H26N2O3S. The minimum absolute atomic E-state index is 0.0516. The van der Waals surface area contributed by atoms with E-state index in [1.165, 1.54) is 11.8 Å². The van der Waals surface area contributed by atoms with E-state index in [0.29, 0.717) is 18.1 Å². The highest BCUT2D eigenvalue weighted by atomic mass is 32.2. The zero-order chi connectivity index (χ0) is 14.7. The maximum Gasteiger partial charge on any atom is 0.407 e. The molecule has 0 radical (unpaired) electrons. The molecule has 0 atom stereocenters. The zero-order valence-electron chi connectivity index (χ0n) is 12.4. The third-order valence-corrected chi connectivity index (χ3v) is 2.96. The molecule has 0 aliphatic rings. The summed E-state index contributed by atoms with van der Waals surface area (Å²) < 4.78 is 5.09. The monoisotopic (exact) mass is 290 g/mol. The third-order valence-electron chi connectivity index (χ3n) is 2.00. The Kier molecular flexibility index (Phi) is 9.47. The van der Waals surface area contributed by atoms with Crippen molar-refractivity contribution in [3.05, 3.63) is 0 Å². The van der Waals surface area contributed by atoms with E-state index in [9.17, 15) is 9.59 Å². The number of rotatable bonds is 8. The van der Waals surface area contributed by atoms with Gasteiger partial charge in [0.25, 0.3) is 0 Å². The van der Waals surface area contributed by atoms with Crippen LogP contribution in [0.15, 0.2) is 0 Å². The van der Waals surface area contributed by atoms with Gasteiger partial charge >= 0.3 is 6.09 Å². The smallest absolute Gasteiger partial charge is 0.407 e. The highest BCUT2D eigenvalue weighted by Crippen LogP contribution is 2.06. The van der Waals surface area contributed by atoms with E-state index in [-0.39, 0.29) is 5.91 Å². The average molecular weight is 290 g/mol. The molecule has 6 heteroatoms. The molecule has 0 spiro atoms. The highest BCUT2D eigenvalue weighted by Gasteiger charge is 2.15. The molecule has 5 nitrogen and oxygen atoms in total. The summed E-state index contributed by atoms with van der Waals surface area (Å²) >= 11 is 1.50. The van der Waals surface area contributed by atoms with Crippen LogP contribution in [0.25, 0.3) is 0 Å². The first-order valence-corrected chi connectivity index (χ1v) is 7.82. The Hall–Kier alpha value is -0.910. The van der Waals surface area contributed by atoms with Crippen molar-refractivity contribution < 1.29 is 14.3 Å². The fraction of sp³-hybridized carbons (Fsp3) is 0.846. The average Bonchev–Trinajstić information content (AvgIpc) is 2.26. The van der Waals surface area contributed by atoms with E-state index >= 15 is 0 Å². The van der Waals surface area contributed by atoms with Crippen molar-refractivity contribution in [3.8, 4) is 0 Å². The first-order chi connectivity index (χ1) is 8.85. The van der Waals surface area contributed by atoms with E-state index in [2.05, 4.69) is 17.6 Å². The lowest BCUT2D eigenvalue weighted by atomic mass is 10.2. The summed E-state index contributed by atoms with van der Waals surface area (Å²) in [6.07, 6.45) is 1.67. The Labute approximate surface area is 120 Å². The number of hydrogen-bond acceptors (Lipinski definition) is 4. The predicted molar refractivity (Wildman–Crippen MR) is 79.5 cm³/mol. The Morgan fingerprint density at radius 3 is 2.42 bits per heavy atom. The number of alkyl carbamates (subject to hydrolysis) is 1. The minimum atomic E-state index is -0.476. The third kappa shape index (κ3) is 13.3. The van der Waals surface area contributed by atoms with Crippen LogP contribution in [0.3, 0.4) is 0 Å². The quantitative estimate of drug-likeness (QED) is 0.672. The van der Waals surface area contributed by atoms with Gasteiger partial charge in [0.15, 0.2) is 0 Å². The standard InChI is InChI=1S/C13H26N2O3S/c1-5-6-7-14-11(16)10-19-9-8-15-12(17)18-13(2,3)4/h5-10H2,1-4H3,(H,14,16)(H,15,17). The van der Waals surface area contributed by atoms with Crippen LogP contribution in [-0.4, -0.2) is 42.2 Å². The number of nitrogens with one attached hydrogen (secondary N) is 2. The van der Waals surface area contributed by atoms with Crippen LogP contribution in [0.4, 0.5) is 4.79 Å². The van der Waals surface area contributed by atoms with E-state index < -0.39 is 11.7 Å². The van der Waals surface area contributed by atoms with Crippen LogP contribution in [0.1, 0.15) is 40.5 Å². The molecule has 0 bridgehead atoms. The predicted octanol–water partition coefficient (Wildman–Crippen LogP) is 2.16. The maximum absolute atomic E-state index is 11.4. The lowest BCUT2D eigenvalue weighted by molar-refractivity contribution is -0.118. The van der Waals surface area contributed by atoms with Gasteiger partial charge in [-0.25, -0.2) is 4.79 Å². The first-order valence-electron chi connectivity index (χ1n) is 6.66. The summed E-state index contributed by atoms with van der Waals surface area (Å²) in [4.78, 5) is 22.7. The molecule has 19 heavy (non-hydrogen) atoms. The van der Waals surface area contributed by atoms with Crippen LogP contribution in [0, 0.1) is 0 Å². The van der Waals surface area contributed by atoms with Gasteiger partial charge in [-0.05, 0) is 27.2 Å². The number of carbonyl (C=O) groups is 2. The molecule has 0 aliphatic carbocycles. The Bertz CT molecular complexity index is 278. The Morgan fingerprint density at radius 2 is 1.84 bits per heavy atom. The molecular weight excluding hydrogens is 264 g/mol. The van der Waals surface area contributed by atoms with Gasteiger partial charge in [-0.1, -0.05) is 13.3 Å². The van der Waals surface area contributed by atoms with Crippen molar-refractivity contribution in [2.24, 2.45) is 0 Å². The van der Waals surface area contributed by atoms with Gasteiger partial charge in [0.2, 0.25) is 5.91 Å². The van der Waals surface area contributed by atoms with E-state index in [4.69, 9.17) is 4.74 Å². The molecule has 0 saturated carbocycles. The van der Waals surface area contributed by atoms with Crippen LogP contribution < -0.4 is 10.6 Å². The molecule has 0 saturated heterocycles. The molecule has 112 valence electrons. The zero-order valence-corrected chi connectivity index (χ0v) is 13.2. The lowest BCUT2D eigenvalue weighted by Crippen LogP contribution is -2.33. The van der Waals surface area contributed by atoms with E-state index in [1.54, 1.807) is 0 Å². The van der Waals surface area contributed by atoms with Gasteiger partial charge in [0, 0.05) is 18.8 Å². The summed E-state index contributed by atoms with van der Waals surface area (Å²) in [5.74, 6) is 1.18. The maximum atomic E-state index is 11.4.